The van der Waals surface area contributed by atoms with Crippen molar-refractivity contribution in [3.05, 3.63) is 82.0 Å². The molecule has 1 heterocycles. The molecule has 2 aromatic carbocycles. The first-order chi connectivity index (χ1) is 13.6. The van der Waals surface area contributed by atoms with E-state index in [4.69, 9.17) is 15.2 Å². The van der Waals surface area contributed by atoms with Gasteiger partial charge in [0.2, 0.25) is 0 Å². The largest absolute Gasteiger partial charge is 0.456 e. The van der Waals surface area contributed by atoms with Gasteiger partial charge < -0.3 is 20.5 Å². The summed E-state index contributed by atoms with van der Waals surface area (Å²) in [6.07, 6.45) is 0. The predicted molar refractivity (Wildman–Crippen MR) is 111 cm³/mol. The summed E-state index contributed by atoms with van der Waals surface area (Å²) >= 11 is 3.46. The minimum Gasteiger partial charge on any atom is -0.456 e. The molecule has 3 N–H and O–H groups in total. The monoisotopic (exact) mass is 441 g/mol. The van der Waals surface area contributed by atoms with Crippen LogP contribution in [0.2, 0.25) is 0 Å². The number of ether oxygens (including phenoxy) is 2. The minimum atomic E-state index is -0.275. The molecule has 0 unspecified atom stereocenters. The number of nitrogens with two attached hydrogens (primary N) is 1. The molecule has 0 saturated heterocycles. The summed E-state index contributed by atoms with van der Waals surface area (Å²) in [7, 11) is 1.58. The molecular weight excluding hydrogens is 422 g/mol. The molecule has 0 aliphatic heterocycles. The third kappa shape index (κ3) is 5.09. The third-order valence-corrected chi connectivity index (χ3v) is 4.62. The van der Waals surface area contributed by atoms with Crippen LogP contribution in [0, 0.1) is 0 Å². The van der Waals surface area contributed by atoms with Crippen molar-refractivity contribution in [2.24, 2.45) is 0 Å². The second-order valence-electron chi connectivity index (χ2n) is 6.03. The van der Waals surface area contributed by atoms with E-state index in [1.807, 2.05) is 48.5 Å². The number of halogens is 1. The van der Waals surface area contributed by atoms with Crippen LogP contribution in [0.15, 0.2) is 65.1 Å². The van der Waals surface area contributed by atoms with Gasteiger partial charge in [0.15, 0.2) is 0 Å². The predicted octanol–water partition coefficient (Wildman–Crippen LogP) is 4.30. The van der Waals surface area contributed by atoms with Crippen molar-refractivity contribution >= 4 is 27.7 Å². The molecule has 0 atom stereocenters. The molecule has 7 heteroatoms. The number of aromatic nitrogens is 1. The van der Waals surface area contributed by atoms with Crippen LogP contribution < -0.4 is 15.8 Å². The highest BCUT2D eigenvalue weighted by Gasteiger charge is 2.11. The summed E-state index contributed by atoms with van der Waals surface area (Å²) < 4.78 is 11.7. The summed E-state index contributed by atoms with van der Waals surface area (Å²) in [5.41, 5.74) is 7.84. The van der Waals surface area contributed by atoms with Gasteiger partial charge in [-0.15, -0.1) is 0 Å². The maximum atomic E-state index is 12.4. The first-order valence-electron chi connectivity index (χ1n) is 8.60. The van der Waals surface area contributed by atoms with Gasteiger partial charge in [0.05, 0.1) is 22.3 Å². The second kappa shape index (κ2) is 9.34. The van der Waals surface area contributed by atoms with Crippen LogP contribution in [0.5, 0.6) is 11.5 Å². The van der Waals surface area contributed by atoms with E-state index >= 15 is 0 Å². The van der Waals surface area contributed by atoms with Crippen molar-refractivity contribution in [3.63, 3.8) is 0 Å². The van der Waals surface area contributed by atoms with E-state index in [1.54, 1.807) is 19.2 Å². The van der Waals surface area contributed by atoms with Crippen molar-refractivity contribution in [2.75, 3.05) is 12.8 Å². The molecule has 0 saturated carbocycles. The average Bonchev–Trinajstić information content (AvgIpc) is 2.69. The molecule has 144 valence electrons. The summed E-state index contributed by atoms with van der Waals surface area (Å²) in [6, 6.07) is 18.5. The number of nitrogens with zero attached hydrogens (tertiary/aromatic N) is 1. The van der Waals surface area contributed by atoms with E-state index in [0.29, 0.717) is 30.2 Å². The fourth-order valence-corrected chi connectivity index (χ4v) is 2.91. The molecular formula is C21H20BrN3O3. The molecule has 0 bridgehead atoms. The van der Waals surface area contributed by atoms with Gasteiger partial charge >= 0.3 is 0 Å². The van der Waals surface area contributed by atoms with Gasteiger partial charge in [-0.05, 0) is 57.9 Å². The van der Waals surface area contributed by atoms with Crippen molar-refractivity contribution in [3.8, 4) is 11.5 Å². The van der Waals surface area contributed by atoms with Crippen LogP contribution in [0.25, 0.3) is 0 Å². The van der Waals surface area contributed by atoms with E-state index in [-0.39, 0.29) is 11.7 Å². The van der Waals surface area contributed by atoms with Gasteiger partial charge in [-0.1, -0.05) is 24.3 Å². The van der Waals surface area contributed by atoms with Gasteiger partial charge in [-0.3, -0.25) is 4.79 Å². The molecule has 0 aliphatic carbocycles. The molecule has 0 aliphatic rings. The van der Waals surface area contributed by atoms with E-state index in [2.05, 4.69) is 26.2 Å². The van der Waals surface area contributed by atoms with Crippen LogP contribution in [0.3, 0.4) is 0 Å². The number of benzene rings is 2. The van der Waals surface area contributed by atoms with Crippen LogP contribution >= 0.6 is 15.9 Å². The third-order valence-electron chi connectivity index (χ3n) is 3.96. The first-order valence-corrected chi connectivity index (χ1v) is 9.40. The number of rotatable bonds is 7. The molecule has 28 heavy (non-hydrogen) atoms. The maximum absolute atomic E-state index is 12.4. The average molecular weight is 442 g/mol. The lowest BCUT2D eigenvalue weighted by atomic mass is 10.2. The van der Waals surface area contributed by atoms with Gasteiger partial charge in [0.25, 0.3) is 5.91 Å². The number of para-hydroxylation sites is 1. The number of anilines is 1. The lowest BCUT2D eigenvalue weighted by Gasteiger charge is -2.10. The lowest BCUT2D eigenvalue weighted by Crippen LogP contribution is -2.24. The quantitative estimate of drug-likeness (QED) is 0.570. The number of carbonyl (C=O) groups is 1. The zero-order valence-electron chi connectivity index (χ0n) is 15.3. The Labute approximate surface area is 171 Å². The van der Waals surface area contributed by atoms with Crippen molar-refractivity contribution < 1.29 is 14.3 Å². The van der Waals surface area contributed by atoms with E-state index in [1.165, 1.54) is 0 Å². The highest BCUT2D eigenvalue weighted by molar-refractivity contribution is 9.10. The molecule has 1 aromatic heterocycles. The fraction of sp³-hybridized carbons (Fsp3) is 0.143. The number of hydrogen-bond acceptors (Lipinski definition) is 5. The Morgan fingerprint density at radius 3 is 2.54 bits per heavy atom. The number of nitrogens with one attached hydrogen (secondary N) is 1. The Morgan fingerprint density at radius 2 is 1.86 bits per heavy atom. The number of nitrogen functional groups attached to an aromatic ring is 1. The Bertz CT molecular complexity index is 961. The Morgan fingerprint density at radius 1 is 1.11 bits per heavy atom. The molecule has 3 rings (SSSR count). The zero-order valence-corrected chi connectivity index (χ0v) is 16.9. The second-order valence-corrected chi connectivity index (χ2v) is 6.88. The summed E-state index contributed by atoms with van der Waals surface area (Å²) in [6.45, 7) is 0.716. The van der Waals surface area contributed by atoms with Gasteiger partial charge in [0, 0.05) is 13.7 Å². The van der Waals surface area contributed by atoms with Crippen LogP contribution in [-0.2, 0) is 17.9 Å². The summed E-state index contributed by atoms with van der Waals surface area (Å²) in [5.74, 6) is 1.36. The number of hydrogen-bond donors (Lipinski definition) is 2. The van der Waals surface area contributed by atoms with Crippen LogP contribution in [-0.4, -0.2) is 18.0 Å². The standard InChI is InChI=1S/C21H20BrN3O3/c1-27-13-15-8-11-17(20(23)25-15)21(26)24-12-14-6-9-16(10-7-14)28-19-5-3-2-4-18(19)22/h2-11H,12-13H2,1H3,(H2,23,25)(H,24,26). The zero-order chi connectivity index (χ0) is 19.9. The summed E-state index contributed by atoms with van der Waals surface area (Å²) in [4.78, 5) is 16.5. The Hall–Kier alpha value is -2.90. The Balaban J connectivity index is 1.59. The first kappa shape index (κ1) is 19.9. The van der Waals surface area contributed by atoms with Gasteiger partial charge in [-0.25, -0.2) is 4.98 Å². The topological polar surface area (TPSA) is 86.5 Å². The van der Waals surface area contributed by atoms with Gasteiger partial charge in [-0.2, -0.15) is 0 Å². The smallest absolute Gasteiger partial charge is 0.255 e. The van der Waals surface area contributed by atoms with E-state index in [9.17, 15) is 4.79 Å². The Kier molecular flexibility index (Phi) is 6.62. The molecule has 1 amide bonds. The van der Waals surface area contributed by atoms with Crippen molar-refractivity contribution in [2.45, 2.75) is 13.2 Å². The normalized spacial score (nSPS) is 10.5. The van der Waals surface area contributed by atoms with Crippen molar-refractivity contribution in [1.82, 2.24) is 10.3 Å². The molecule has 0 fully saturated rings. The number of methoxy groups -OCH3 is 1. The van der Waals surface area contributed by atoms with Gasteiger partial charge in [0.1, 0.15) is 17.3 Å². The molecule has 3 aromatic rings. The van der Waals surface area contributed by atoms with E-state index in [0.717, 1.165) is 15.8 Å². The van der Waals surface area contributed by atoms with Crippen LogP contribution in [0.4, 0.5) is 5.82 Å². The lowest BCUT2D eigenvalue weighted by molar-refractivity contribution is 0.0951. The number of carbonyl (C=O) groups excluding carboxylic acids is 1. The molecule has 0 radical (unpaired) electrons. The highest BCUT2D eigenvalue weighted by atomic mass is 79.9. The molecule has 6 nitrogen and oxygen atoms in total. The number of pyridine rings is 1. The number of amides is 1. The summed E-state index contributed by atoms with van der Waals surface area (Å²) in [5, 5.41) is 2.85. The van der Waals surface area contributed by atoms with Crippen LogP contribution in [0.1, 0.15) is 21.6 Å². The SMILES string of the molecule is COCc1ccc(C(=O)NCc2ccc(Oc3ccccc3Br)cc2)c(N)n1. The maximum Gasteiger partial charge on any atom is 0.255 e. The minimum absolute atomic E-state index is 0.184. The van der Waals surface area contributed by atoms with Crippen molar-refractivity contribution in [1.29, 1.82) is 0 Å². The highest BCUT2D eigenvalue weighted by Crippen LogP contribution is 2.29. The van der Waals surface area contributed by atoms with E-state index < -0.39 is 0 Å². The fourth-order valence-electron chi connectivity index (χ4n) is 2.54. The molecule has 0 spiro atoms.